The maximum atomic E-state index is 3.51. The second kappa shape index (κ2) is 11.2. The highest BCUT2D eigenvalue weighted by Gasteiger charge is 2.32. The van der Waals surface area contributed by atoms with Crippen molar-refractivity contribution in [3.63, 3.8) is 0 Å². The molecule has 0 N–H and O–H groups in total. The van der Waals surface area contributed by atoms with Gasteiger partial charge in [-0.05, 0) is 55.3 Å². The standard InChI is InChI=1S/C32H28NP2/c1-26(33(2)35(29-20-11-5-12-21-29)30-22-13-6-14-23-30)31-24-15-25-32(31)34(27-16-7-3-8-17-27)28-18-9-4-10-19-28/h3-14,16-18,20-23,26H,19H2,1-2H3/t26-,34?/m1/s1. The Balaban J connectivity index is 1.51. The van der Waals surface area contributed by atoms with Gasteiger partial charge in [0.2, 0.25) is 0 Å². The predicted octanol–water partition coefficient (Wildman–Crippen LogP) is 6.94. The highest BCUT2D eigenvalue weighted by Crippen LogP contribution is 2.57. The SMILES string of the molecule is C[C@H](C1=C=C=C=C1P(C1=C[CH]C=CC1)c1ccccc1)N(C)P(c1ccccc1)c1ccccc1. The monoisotopic (exact) mass is 488 g/mol. The molecule has 0 heterocycles. The number of rotatable bonds is 8. The first kappa shape index (κ1) is 23.8. The van der Waals surface area contributed by atoms with Crippen LogP contribution in [0.2, 0.25) is 0 Å². The fourth-order valence-corrected chi connectivity index (χ4v) is 9.38. The summed E-state index contributed by atoms with van der Waals surface area (Å²) in [7, 11) is 0.860. The van der Waals surface area contributed by atoms with Crippen LogP contribution in [0.5, 0.6) is 0 Å². The molecule has 2 aliphatic rings. The zero-order chi connectivity index (χ0) is 24.0. The quantitative estimate of drug-likeness (QED) is 0.245. The van der Waals surface area contributed by atoms with E-state index >= 15 is 0 Å². The Labute approximate surface area is 211 Å². The lowest BCUT2D eigenvalue weighted by Crippen LogP contribution is -2.33. The Kier molecular flexibility index (Phi) is 7.60. The normalized spacial score (nSPS) is 16.3. The average molecular weight is 489 g/mol. The van der Waals surface area contributed by atoms with Gasteiger partial charge in [0.25, 0.3) is 0 Å². The molecule has 0 spiro atoms. The van der Waals surface area contributed by atoms with Crippen molar-refractivity contribution in [2.24, 2.45) is 0 Å². The Morgan fingerprint density at radius 1 is 0.771 bits per heavy atom. The molecule has 0 aromatic heterocycles. The summed E-state index contributed by atoms with van der Waals surface area (Å²) in [5.74, 6) is 0. The van der Waals surface area contributed by atoms with E-state index in [1.807, 2.05) is 0 Å². The van der Waals surface area contributed by atoms with E-state index in [1.54, 1.807) is 0 Å². The van der Waals surface area contributed by atoms with Gasteiger partial charge >= 0.3 is 0 Å². The first-order valence-electron chi connectivity index (χ1n) is 11.9. The molecule has 1 nitrogen and oxygen atoms in total. The van der Waals surface area contributed by atoms with Gasteiger partial charge in [0.15, 0.2) is 0 Å². The molecular weight excluding hydrogens is 460 g/mol. The number of hydrogen-bond acceptors (Lipinski definition) is 1. The van der Waals surface area contributed by atoms with Gasteiger partial charge in [0.1, 0.15) is 0 Å². The summed E-state index contributed by atoms with van der Waals surface area (Å²) in [5.41, 5.74) is 11.4. The second-order valence-electron chi connectivity index (χ2n) is 8.52. The lowest BCUT2D eigenvalue weighted by atomic mass is 10.1. The van der Waals surface area contributed by atoms with E-state index in [0.29, 0.717) is 0 Å². The summed E-state index contributed by atoms with van der Waals surface area (Å²) in [5, 5.41) is 6.75. The van der Waals surface area contributed by atoms with E-state index < -0.39 is 16.0 Å². The van der Waals surface area contributed by atoms with E-state index in [2.05, 4.69) is 151 Å². The molecule has 3 heteroatoms. The topological polar surface area (TPSA) is 3.24 Å². The fourth-order valence-electron chi connectivity index (χ4n) is 4.46. The van der Waals surface area contributed by atoms with Crippen molar-refractivity contribution in [2.75, 3.05) is 7.05 Å². The lowest BCUT2D eigenvalue weighted by Gasteiger charge is -2.35. The molecule has 3 aromatic carbocycles. The van der Waals surface area contributed by atoms with Crippen LogP contribution in [-0.4, -0.2) is 17.8 Å². The second-order valence-corrected chi connectivity index (χ2v) is 13.0. The zero-order valence-electron chi connectivity index (χ0n) is 20.1. The number of nitrogens with zero attached hydrogens (tertiary/aromatic N) is 1. The van der Waals surface area contributed by atoms with Gasteiger partial charge in [-0.2, -0.15) is 0 Å². The molecule has 35 heavy (non-hydrogen) atoms. The molecule has 171 valence electrons. The van der Waals surface area contributed by atoms with Crippen molar-refractivity contribution < 1.29 is 0 Å². The molecule has 0 fully saturated rings. The van der Waals surface area contributed by atoms with Crippen molar-refractivity contribution in [1.82, 2.24) is 4.67 Å². The van der Waals surface area contributed by atoms with Gasteiger partial charge in [0, 0.05) is 31.4 Å². The van der Waals surface area contributed by atoms with Crippen molar-refractivity contribution >= 4 is 31.9 Å². The molecule has 2 aliphatic carbocycles. The molecule has 1 radical (unpaired) electrons. The number of likely N-dealkylation sites (N-methyl/N-ethyl adjacent to an activating group) is 1. The molecule has 5 rings (SSSR count). The summed E-state index contributed by atoms with van der Waals surface area (Å²) in [6.45, 7) is 2.30. The summed E-state index contributed by atoms with van der Waals surface area (Å²) >= 11 is 0. The average Bonchev–Trinajstić information content (AvgIpc) is 3.40. The van der Waals surface area contributed by atoms with Gasteiger partial charge in [-0.25, -0.2) is 0 Å². The van der Waals surface area contributed by atoms with Gasteiger partial charge in [0.05, 0.1) is 0 Å². The van der Waals surface area contributed by atoms with E-state index in [-0.39, 0.29) is 6.04 Å². The molecule has 0 bridgehead atoms. The molecular formula is C32H28NP2. The van der Waals surface area contributed by atoms with E-state index in [9.17, 15) is 0 Å². The Morgan fingerprint density at radius 2 is 1.34 bits per heavy atom. The maximum Gasteiger partial charge on any atom is 0.0482 e. The third-order valence-corrected chi connectivity index (χ3v) is 11.4. The highest BCUT2D eigenvalue weighted by atomic mass is 31.1. The van der Waals surface area contributed by atoms with Crippen LogP contribution < -0.4 is 15.9 Å². The largest absolute Gasteiger partial charge is 0.270 e. The van der Waals surface area contributed by atoms with E-state index in [0.717, 1.165) is 6.42 Å². The third kappa shape index (κ3) is 5.19. The summed E-state index contributed by atoms with van der Waals surface area (Å²) < 4.78 is 2.52. The van der Waals surface area contributed by atoms with Crippen LogP contribution in [0.1, 0.15) is 13.3 Å². The summed E-state index contributed by atoms with van der Waals surface area (Å²) in [4.78, 5) is 0. The zero-order valence-corrected chi connectivity index (χ0v) is 21.9. The van der Waals surface area contributed by atoms with Crippen LogP contribution in [0.25, 0.3) is 0 Å². The predicted molar refractivity (Wildman–Crippen MR) is 153 cm³/mol. The van der Waals surface area contributed by atoms with E-state index in [4.69, 9.17) is 0 Å². The maximum absolute atomic E-state index is 3.51. The molecule has 0 aliphatic heterocycles. The van der Waals surface area contributed by atoms with Gasteiger partial charge in [-0.1, -0.05) is 121 Å². The van der Waals surface area contributed by atoms with Crippen molar-refractivity contribution in [2.45, 2.75) is 19.4 Å². The van der Waals surface area contributed by atoms with Crippen molar-refractivity contribution in [1.29, 1.82) is 0 Å². The van der Waals surface area contributed by atoms with Crippen LogP contribution in [-0.2, 0) is 0 Å². The van der Waals surface area contributed by atoms with Crippen molar-refractivity contribution in [3.8, 4) is 0 Å². The molecule has 0 saturated heterocycles. The first-order chi connectivity index (χ1) is 17.2. The van der Waals surface area contributed by atoms with Crippen molar-refractivity contribution in [3.05, 3.63) is 149 Å². The molecule has 1 unspecified atom stereocenters. The smallest absolute Gasteiger partial charge is 0.0482 e. The lowest BCUT2D eigenvalue weighted by molar-refractivity contribution is 0.485. The summed E-state index contributed by atoms with van der Waals surface area (Å²) in [6.07, 6.45) is 9.81. The van der Waals surface area contributed by atoms with E-state index in [1.165, 1.54) is 32.1 Å². The van der Waals surface area contributed by atoms with Gasteiger partial charge in [-0.15, -0.1) is 0 Å². The minimum atomic E-state index is -0.697. The highest BCUT2D eigenvalue weighted by molar-refractivity contribution is 7.74. The van der Waals surface area contributed by atoms with Gasteiger partial charge < -0.3 is 0 Å². The molecule has 0 amide bonds. The van der Waals surface area contributed by atoms with Crippen LogP contribution in [0, 0.1) is 6.42 Å². The number of benzene rings is 3. The Morgan fingerprint density at radius 3 is 1.89 bits per heavy atom. The Bertz CT molecular complexity index is 1330. The Hall–Kier alpha value is -2.96. The third-order valence-electron chi connectivity index (χ3n) is 6.32. The van der Waals surface area contributed by atoms with Gasteiger partial charge in [-0.3, -0.25) is 4.67 Å². The first-order valence-corrected chi connectivity index (χ1v) is 14.6. The fraction of sp³-hybridized carbons (Fsp3) is 0.125. The van der Waals surface area contributed by atoms with Crippen LogP contribution in [0.4, 0.5) is 0 Å². The molecule has 0 saturated carbocycles. The minimum Gasteiger partial charge on any atom is -0.270 e. The molecule has 2 atom stereocenters. The van der Waals surface area contributed by atoms with Crippen LogP contribution in [0.3, 0.4) is 0 Å². The van der Waals surface area contributed by atoms with Crippen LogP contribution in [0.15, 0.2) is 143 Å². The summed E-state index contributed by atoms with van der Waals surface area (Å²) in [6, 6.07) is 32.8. The molecule has 3 aromatic rings. The minimum absolute atomic E-state index is 0.163. The number of hydrogen-bond donors (Lipinski definition) is 0. The number of allylic oxidation sites excluding steroid dienone is 4. The van der Waals surface area contributed by atoms with Crippen LogP contribution >= 0.6 is 16.0 Å².